The van der Waals surface area contributed by atoms with Gasteiger partial charge in [0.05, 0.1) is 15.6 Å². The van der Waals surface area contributed by atoms with Crippen molar-refractivity contribution >= 4 is 65.4 Å². The van der Waals surface area contributed by atoms with Crippen LogP contribution in [0.4, 0.5) is 5.13 Å². The standard InChI is InChI=1S/C22H18ClN3O3S3/c23-19-16-5-1-2-6-18(16)31-20(19)21(27)25-22-24-17(13-30-22)14-7-9-15(10-8-14)32(28,29)26-11-3-4-12-26/h1-2,5-10,13H,3-4,11-12H2,(H,24,25,27). The highest BCUT2D eigenvalue weighted by Crippen LogP contribution is 2.36. The van der Waals surface area contributed by atoms with Gasteiger partial charge in [-0.15, -0.1) is 22.7 Å². The molecule has 10 heteroatoms. The molecule has 0 aliphatic carbocycles. The maximum atomic E-state index is 12.7. The summed E-state index contributed by atoms with van der Waals surface area (Å²) >= 11 is 9.04. The van der Waals surface area contributed by atoms with Gasteiger partial charge in [-0.3, -0.25) is 10.1 Å². The molecule has 1 N–H and O–H groups in total. The summed E-state index contributed by atoms with van der Waals surface area (Å²) in [6.45, 7) is 1.14. The molecule has 1 aliphatic heterocycles. The second-order valence-electron chi connectivity index (χ2n) is 7.37. The number of thiazole rings is 1. The minimum Gasteiger partial charge on any atom is -0.297 e. The molecule has 1 saturated heterocycles. The van der Waals surface area contributed by atoms with E-state index >= 15 is 0 Å². The van der Waals surface area contributed by atoms with Crippen LogP contribution in [-0.2, 0) is 10.0 Å². The lowest BCUT2D eigenvalue weighted by molar-refractivity contribution is 0.103. The molecule has 164 valence electrons. The van der Waals surface area contributed by atoms with Crippen molar-refractivity contribution in [2.45, 2.75) is 17.7 Å². The van der Waals surface area contributed by atoms with Crippen LogP contribution < -0.4 is 5.32 Å². The highest BCUT2D eigenvalue weighted by atomic mass is 35.5. The Kier molecular flexibility index (Phi) is 5.77. The molecule has 0 bridgehead atoms. The van der Waals surface area contributed by atoms with Crippen molar-refractivity contribution in [2.24, 2.45) is 0 Å². The van der Waals surface area contributed by atoms with E-state index in [0.29, 0.717) is 33.8 Å². The van der Waals surface area contributed by atoms with E-state index < -0.39 is 10.0 Å². The predicted molar refractivity (Wildman–Crippen MR) is 130 cm³/mol. The first-order valence-electron chi connectivity index (χ1n) is 9.98. The smallest absolute Gasteiger partial charge is 0.269 e. The minimum absolute atomic E-state index is 0.284. The summed E-state index contributed by atoms with van der Waals surface area (Å²) in [5.74, 6) is -0.302. The first-order chi connectivity index (χ1) is 15.4. The molecule has 3 heterocycles. The number of carbonyl (C=O) groups excluding carboxylic acids is 1. The molecule has 1 aliphatic rings. The van der Waals surface area contributed by atoms with Crippen molar-refractivity contribution in [3.8, 4) is 11.3 Å². The second-order valence-corrected chi connectivity index (χ2v) is 11.6. The summed E-state index contributed by atoms with van der Waals surface area (Å²) in [6.07, 6.45) is 1.80. The number of hydrogen-bond donors (Lipinski definition) is 1. The van der Waals surface area contributed by atoms with Gasteiger partial charge in [0, 0.05) is 34.1 Å². The Morgan fingerprint density at radius 3 is 2.50 bits per heavy atom. The van der Waals surface area contributed by atoms with Gasteiger partial charge in [-0.25, -0.2) is 13.4 Å². The van der Waals surface area contributed by atoms with E-state index in [1.807, 2.05) is 29.6 Å². The number of anilines is 1. The summed E-state index contributed by atoms with van der Waals surface area (Å²) in [6, 6.07) is 14.3. The summed E-state index contributed by atoms with van der Waals surface area (Å²) in [4.78, 5) is 18.0. The third-order valence-electron chi connectivity index (χ3n) is 5.32. The predicted octanol–water partition coefficient (Wildman–Crippen LogP) is 5.72. The number of aromatic nitrogens is 1. The molecule has 2 aromatic carbocycles. The Hall–Kier alpha value is -2.30. The van der Waals surface area contributed by atoms with Gasteiger partial charge in [0.15, 0.2) is 5.13 Å². The SMILES string of the molecule is O=C(Nc1nc(-c2ccc(S(=O)(=O)N3CCCC3)cc2)cs1)c1sc2ccccc2c1Cl. The van der Waals surface area contributed by atoms with Crippen molar-refractivity contribution in [1.82, 2.24) is 9.29 Å². The lowest BCUT2D eigenvalue weighted by Gasteiger charge is -2.15. The van der Waals surface area contributed by atoms with E-state index in [-0.39, 0.29) is 10.8 Å². The monoisotopic (exact) mass is 503 g/mol. The number of carbonyl (C=O) groups is 1. The first-order valence-corrected chi connectivity index (χ1v) is 13.5. The maximum absolute atomic E-state index is 12.7. The molecular weight excluding hydrogens is 486 g/mol. The summed E-state index contributed by atoms with van der Waals surface area (Å²) in [5, 5.41) is 6.39. The lowest BCUT2D eigenvalue weighted by Crippen LogP contribution is -2.27. The van der Waals surface area contributed by atoms with Crippen molar-refractivity contribution in [3.05, 3.63) is 63.8 Å². The zero-order valence-corrected chi connectivity index (χ0v) is 20.0. The number of benzene rings is 2. The van der Waals surface area contributed by atoms with Crippen LogP contribution in [0.5, 0.6) is 0 Å². The molecule has 6 nitrogen and oxygen atoms in total. The van der Waals surface area contributed by atoms with E-state index in [9.17, 15) is 13.2 Å². The lowest BCUT2D eigenvalue weighted by atomic mass is 10.2. The molecule has 5 rings (SSSR count). The average molecular weight is 504 g/mol. The van der Waals surface area contributed by atoms with E-state index in [0.717, 1.165) is 28.5 Å². The molecule has 2 aromatic heterocycles. The first kappa shape index (κ1) is 21.5. The number of thiophene rings is 1. The normalized spacial score (nSPS) is 14.8. The molecule has 1 fully saturated rings. The molecule has 4 aromatic rings. The zero-order valence-electron chi connectivity index (χ0n) is 16.7. The quantitative estimate of drug-likeness (QED) is 0.378. The van der Waals surface area contributed by atoms with Gasteiger partial charge in [0.25, 0.3) is 5.91 Å². The van der Waals surface area contributed by atoms with Crippen molar-refractivity contribution in [3.63, 3.8) is 0 Å². The van der Waals surface area contributed by atoms with Crippen LogP contribution in [0, 0.1) is 0 Å². The number of sulfonamides is 1. The Bertz CT molecular complexity index is 1410. The van der Waals surface area contributed by atoms with Crippen LogP contribution in [0.15, 0.2) is 58.8 Å². The van der Waals surface area contributed by atoms with Gasteiger partial charge >= 0.3 is 0 Å². The second kappa shape index (κ2) is 8.57. The largest absolute Gasteiger partial charge is 0.297 e. The number of fused-ring (bicyclic) bond motifs is 1. The number of nitrogens with zero attached hydrogens (tertiary/aromatic N) is 2. The third-order valence-corrected chi connectivity index (χ3v) is 9.66. The van der Waals surface area contributed by atoms with Crippen LogP contribution in [0.1, 0.15) is 22.5 Å². The van der Waals surface area contributed by atoms with Gasteiger partial charge < -0.3 is 0 Å². The zero-order chi connectivity index (χ0) is 22.3. The van der Waals surface area contributed by atoms with Gasteiger partial charge in [0.2, 0.25) is 10.0 Å². The molecule has 0 atom stereocenters. The molecule has 0 radical (unpaired) electrons. The molecule has 0 saturated carbocycles. The molecule has 0 unspecified atom stereocenters. The number of hydrogen-bond acceptors (Lipinski definition) is 6. The number of amides is 1. The van der Waals surface area contributed by atoms with Crippen molar-refractivity contribution in [2.75, 3.05) is 18.4 Å². The third kappa shape index (κ3) is 3.95. The average Bonchev–Trinajstić information content (AvgIpc) is 3.55. The van der Waals surface area contributed by atoms with Crippen molar-refractivity contribution in [1.29, 1.82) is 0 Å². The van der Waals surface area contributed by atoms with Gasteiger partial charge in [-0.2, -0.15) is 4.31 Å². The van der Waals surface area contributed by atoms with Crippen LogP contribution >= 0.6 is 34.3 Å². The van der Waals surface area contributed by atoms with Crippen LogP contribution in [0.3, 0.4) is 0 Å². The Balaban J connectivity index is 1.33. The van der Waals surface area contributed by atoms with E-state index in [4.69, 9.17) is 11.6 Å². The Morgan fingerprint density at radius 2 is 1.78 bits per heavy atom. The van der Waals surface area contributed by atoms with E-state index in [2.05, 4.69) is 10.3 Å². The van der Waals surface area contributed by atoms with Crippen LogP contribution in [-0.4, -0.2) is 36.7 Å². The fraction of sp³-hybridized carbons (Fsp3) is 0.182. The molecular formula is C22H18ClN3O3S3. The van der Waals surface area contributed by atoms with Gasteiger partial charge in [0.1, 0.15) is 4.88 Å². The highest BCUT2D eigenvalue weighted by molar-refractivity contribution is 7.89. The summed E-state index contributed by atoms with van der Waals surface area (Å²) < 4.78 is 27.9. The Morgan fingerprint density at radius 1 is 1.06 bits per heavy atom. The summed E-state index contributed by atoms with van der Waals surface area (Å²) in [7, 11) is -3.45. The molecule has 0 spiro atoms. The topological polar surface area (TPSA) is 79.4 Å². The van der Waals surface area contributed by atoms with E-state index in [1.165, 1.54) is 27.0 Å². The number of halogens is 1. The summed E-state index contributed by atoms with van der Waals surface area (Å²) in [5.41, 5.74) is 1.44. The fourth-order valence-electron chi connectivity index (χ4n) is 3.65. The number of nitrogens with one attached hydrogen (secondary N) is 1. The number of rotatable bonds is 5. The van der Waals surface area contributed by atoms with Crippen LogP contribution in [0.25, 0.3) is 21.3 Å². The highest BCUT2D eigenvalue weighted by Gasteiger charge is 2.27. The fourth-order valence-corrected chi connectivity index (χ4v) is 7.30. The Labute approximate surface area is 198 Å². The van der Waals surface area contributed by atoms with E-state index in [1.54, 1.807) is 24.3 Å². The van der Waals surface area contributed by atoms with Crippen LogP contribution in [0.2, 0.25) is 5.02 Å². The molecule has 1 amide bonds. The van der Waals surface area contributed by atoms with Crippen molar-refractivity contribution < 1.29 is 13.2 Å². The van der Waals surface area contributed by atoms with Gasteiger partial charge in [-0.1, -0.05) is 41.9 Å². The van der Waals surface area contributed by atoms with Gasteiger partial charge in [-0.05, 0) is 31.0 Å². The molecule has 32 heavy (non-hydrogen) atoms. The maximum Gasteiger partial charge on any atom is 0.269 e. The minimum atomic E-state index is -3.45.